The number of benzene rings is 2. The molecule has 0 saturated heterocycles. The summed E-state index contributed by atoms with van der Waals surface area (Å²) in [5.74, 6) is -0.150. The Labute approximate surface area is 172 Å². The van der Waals surface area contributed by atoms with Crippen LogP contribution in [0.25, 0.3) is 5.69 Å². The van der Waals surface area contributed by atoms with E-state index in [2.05, 4.69) is 37.1 Å². The minimum absolute atomic E-state index is 0.110. The molecule has 3 aromatic rings. The molecule has 5 heteroatoms. The summed E-state index contributed by atoms with van der Waals surface area (Å²) in [6.45, 7) is 7.73. The highest BCUT2D eigenvalue weighted by Gasteiger charge is 2.16. The third-order valence-electron chi connectivity index (χ3n) is 5.13. The van der Waals surface area contributed by atoms with Gasteiger partial charge in [0.1, 0.15) is 11.6 Å². The van der Waals surface area contributed by atoms with Gasteiger partial charge in [-0.15, -0.1) is 0 Å². The smallest absolute Gasteiger partial charge is 0.134 e. The molecule has 0 radical (unpaired) electrons. The molecule has 0 spiro atoms. The first-order chi connectivity index (χ1) is 13.9. The zero-order chi connectivity index (χ0) is 21.6. The molecule has 0 saturated carbocycles. The van der Waals surface area contributed by atoms with Crippen LogP contribution in [0, 0.1) is 26.6 Å². The highest BCUT2D eigenvalue weighted by Crippen LogP contribution is 2.23. The van der Waals surface area contributed by atoms with Crippen molar-refractivity contribution >= 4 is 5.78 Å². The fraction of sp³-hybridized carbons (Fsp3) is 0.333. The van der Waals surface area contributed by atoms with Gasteiger partial charge in [-0.05, 0) is 81.0 Å². The summed E-state index contributed by atoms with van der Waals surface area (Å²) in [7, 11) is 1.00. The van der Waals surface area contributed by atoms with Gasteiger partial charge in [-0.3, -0.25) is 4.79 Å². The average molecular weight is 397 g/mol. The second-order valence-corrected chi connectivity index (χ2v) is 7.20. The number of aryl methyl sites for hydroxylation is 3. The lowest BCUT2D eigenvalue weighted by Gasteiger charge is -2.13. The molecule has 0 atom stereocenters. The molecule has 1 N–H and O–H groups in total. The first kappa shape index (κ1) is 22.5. The van der Waals surface area contributed by atoms with Gasteiger partial charge in [0.05, 0.1) is 11.9 Å². The summed E-state index contributed by atoms with van der Waals surface area (Å²) in [6.07, 6.45) is 3.76. The third-order valence-corrected chi connectivity index (χ3v) is 5.13. The molecule has 0 aliphatic heterocycles. The molecule has 4 nitrogen and oxygen atoms in total. The molecule has 0 aliphatic rings. The molecule has 0 aliphatic carbocycles. The standard InChI is InChI=1S/C23H25FN2O.CH4O/c1-15-6-5-7-19(18(15)4)8-10-23-20(13-17(3)27)14-25-26(23)22-11-9-21(24)12-16(22)2;1-2/h5-7,9,11-12,14H,8,10,13H2,1-4H3;2H,1H3. The highest BCUT2D eigenvalue weighted by molar-refractivity contribution is 5.78. The van der Waals surface area contributed by atoms with Gasteiger partial charge in [0.15, 0.2) is 0 Å². The number of hydrogen-bond acceptors (Lipinski definition) is 3. The van der Waals surface area contributed by atoms with E-state index in [9.17, 15) is 9.18 Å². The Bertz CT molecular complexity index is 993. The fourth-order valence-electron chi connectivity index (χ4n) is 3.49. The molecular weight excluding hydrogens is 367 g/mol. The lowest BCUT2D eigenvalue weighted by Crippen LogP contribution is -2.09. The number of aromatic nitrogens is 2. The maximum Gasteiger partial charge on any atom is 0.134 e. The van der Waals surface area contributed by atoms with Gasteiger partial charge in [-0.2, -0.15) is 5.10 Å². The maximum atomic E-state index is 13.5. The van der Waals surface area contributed by atoms with Gasteiger partial charge in [0.25, 0.3) is 0 Å². The Morgan fingerprint density at radius 1 is 1.03 bits per heavy atom. The van der Waals surface area contributed by atoms with Crippen LogP contribution in [0.1, 0.15) is 40.4 Å². The van der Waals surface area contributed by atoms with Crippen LogP contribution in [0.5, 0.6) is 0 Å². The minimum Gasteiger partial charge on any atom is -0.400 e. The molecule has 0 amide bonds. The van der Waals surface area contributed by atoms with E-state index in [4.69, 9.17) is 5.11 Å². The Morgan fingerprint density at radius 3 is 2.41 bits per heavy atom. The largest absolute Gasteiger partial charge is 0.400 e. The Morgan fingerprint density at radius 2 is 1.76 bits per heavy atom. The van der Waals surface area contributed by atoms with Crippen molar-refractivity contribution < 1.29 is 14.3 Å². The fourth-order valence-corrected chi connectivity index (χ4v) is 3.49. The molecule has 3 rings (SSSR count). The van der Waals surface area contributed by atoms with Crippen molar-refractivity contribution in [2.24, 2.45) is 0 Å². The highest BCUT2D eigenvalue weighted by atomic mass is 19.1. The van der Waals surface area contributed by atoms with E-state index in [1.165, 1.54) is 28.8 Å². The number of halogens is 1. The average Bonchev–Trinajstić information content (AvgIpc) is 3.06. The van der Waals surface area contributed by atoms with Gasteiger partial charge >= 0.3 is 0 Å². The summed E-state index contributed by atoms with van der Waals surface area (Å²) in [5.41, 5.74) is 7.50. The van der Waals surface area contributed by atoms with E-state index < -0.39 is 0 Å². The van der Waals surface area contributed by atoms with E-state index in [1.54, 1.807) is 19.2 Å². The molecule has 2 aromatic carbocycles. The third kappa shape index (κ3) is 5.39. The summed E-state index contributed by atoms with van der Waals surface area (Å²) >= 11 is 0. The molecule has 0 unspecified atom stereocenters. The van der Waals surface area contributed by atoms with Gasteiger partial charge in [-0.1, -0.05) is 18.2 Å². The molecule has 1 aromatic heterocycles. The number of nitrogens with zero attached hydrogens (tertiary/aromatic N) is 2. The first-order valence-electron chi connectivity index (χ1n) is 9.68. The molecule has 29 heavy (non-hydrogen) atoms. The van der Waals surface area contributed by atoms with E-state index in [1.807, 2.05) is 11.6 Å². The van der Waals surface area contributed by atoms with Crippen LogP contribution in [0.3, 0.4) is 0 Å². The molecule has 0 bridgehead atoms. The topological polar surface area (TPSA) is 55.1 Å². The van der Waals surface area contributed by atoms with Gasteiger partial charge in [0, 0.05) is 24.8 Å². The number of rotatable bonds is 6. The number of carbonyl (C=O) groups is 1. The minimum atomic E-state index is -0.260. The molecule has 0 fully saturated rings. The first-order valence-corrected chi connectivity index (χ1v) is 9.68. The number of aliphatic hydroxyl groups excluding tert-OH is 1. The van der Waals surface area contributed by atoms with Crippen molar-refractivity contribution in [2.45, 2.75) is 47.0 Å². The van der Waals surface area contributed by atoms with E-state index in [0.29, 0.717) is 6.42 Å². The monoisotopic (exact) mass is 396 g/mol. The van der Waals surface area contributed by atoms with Gasteiger partial charge in [-0.25, -0.2) is 9.07 Å². The Hall–Kier alpha value is -2.79. The second-order valence-electron chi connectivity index (χ2n) is 7.20. The van der Waals surface area contributed by atoms with E-state index in [-0.39, 0.29) is 11.6 Å². The lowest BCUT2D eigenvalue weighted by molar-refractivity contribution is -0.116. The SMILES string of the molecule is CC(=O)Cc1cnn(-c2ccc(F)cc2C)c1CCc1cccc(C)c1C.CO. The normalized spacial score (nSPS) is 10.4. The molecular formula is C24H29FN2O2. The lowest BCUT2D eigenvalue weighted by atomic mass is 9.97. The zero-order valence-corrected chi connectivity index (χ0v) is 17.8. The van der Waals surface area contributed by atoms with Crippen molar-refractivity contribution in [3.63, 3.8) is 0 Å². The summed E-state index contributed by atoms with van der Waals surface area (Å²) < 4.78 is 15.4. The Balaban J connectivity index is 0.00000145. The summed E-state index contributed by atoms with van der Waals surface area (Å²) in [4.78, 5) is 11.7. The van der Waals surface area contributed by atoms with Crippen molar-refractivity contribution in [3.8, 4) is 5.69 Å². The van der Waals surface area contributed by atoms with E-state index >= 15 is 0 Å². The summed E-state index contributed by atoms with van der Waals surface area (Å²) in [5, 5.41) is 11.5. The predicted molar refractivity (Wildman–Crippen MR) is 114 cm³/mol. The predicted octanol–water partition coefficient (Wildman–Crippen LogP) is 4.46. The van der Waals surface area contributed by atoms with Crippen LogP contribution in [0.2, 0.25) is 0 Å². The van der Waals surface area contributed by atoms with Crippen LogP contribution >= 0.6 is 0 Å². The van der Waals surface area contributed by atoms with Gasteiger partial charge < -0.3 is 5.11 Å². The van der Waals surface area contributed by atoms with Crippen molar-refractivity contribution in [2.75, 3.05) is 7.11 Å². The van der Waals surface area contributed by atoms with Crippen molar-refractivity contribution in [3.05, 3.63) is 81.9 Å². The van der Waals surface area contributed by atoms with E-state index in [0.717, 1.165) is 42.5 Å². The van der Waals surface area contributed by atoms with Crippen molar-refractivity contribution in [1.29, 1.82) is 0 Å². The molecule has 154 valence electrons. The van der Waals surface area contributed by atoms with Crippen LogP contribution < -0.4 is 0 Å². The number of carbonyl (C=O) groups excluding carboxylic acids is 1. The van der Waals surface area contributed by atoms with Crippen LogP contribution in [0.4, 0.5) is 4.39 Å². The number of hydrogen-bond donors (Lipinski definition) is 1. The maximum absolute atomic E-state index is 13.5. The number of aliphatic hydroxyl groups is 1. The van der Waals surface area contributed by atoms with Crippen LogP contribution in [-0.4, -0.2) is 27.8 Å². The number of Topliss-reactive ketones (excluding diaryl/α,β-unsaturated/α-hetero) is 1. The summed E-state index contributed by atoms with van der Waals surface area (Å²) in [6, 6.07) is 11.1. The second kappa shape index (κ2) is 10.1. The van der Waals surface area contributed by atoms with Gasteiger partial charge in [0.2, 0.25) is 0 Å². The molecule has 1 heterocycles. The zero-order valence-electron chi connectivity index (χ0n) is 17.8. The van der Waals surface area contributed by atoms with Crippen LogP contribution in [0.15, 0.2) is 42.6 Å². The Kier molecular flexibility index (Phi) is 7.85. The van der Waals surface area contributed by atoms with Crippen molar-refractivity contribution in [1.82, 2.24) is 9.78 Å². The quantitative estimate of drug-likeness (QED) is 0.669. The van der Waals surface area contributed by atoms with Crippen LogP contribution in [-0.2, 0) is 24.1 Å². The number of ketones is 1.